The van der Waals surface area contributed by atoms with Crippen LogP contribution in [0.25, 0.3) is 10.8 Å². The number of rotatable bonds is 5. The number of carbonyl (C=O) groups is 1. The van der Waals surface area contributed by atoms with E-state index in [1.165, 1.54) is 0 Å². The molecule has 0 aromatic heterocycles. The van der Waals surface area contributed by atoms with Crippen LogP contribution in [-0.4, -0.2) is 17.4 Å². The number of nitro benzene ring substituents is 1. The second-order valence-corrected chi connectivity index (χ2v) is 5.30. The lowest BCUT2D eigenvalue weighted by atomic mass is 10.1. The molecular formula is C18H12F2N2O4. The SMILES string of the molecule is O=C(Nc1cccc2ccccc12)c1cc([N+](=O)[O-])ccc1OC(F)F. The molecular weight excluding hydrogens is 346 g/mol. The van der Waals surface area contributed by atoms with Crippen molar-refractivity contribution in [1.29, 1.82) is 0 Å². The molecule has 26 heavy (non-hydrogen) atoms. The number of carbonyl (C=O) groups excluding carboxylic acids is 1. The minimum Gasteiger partial charge on any atom is -0.434 e. The van der Waals surface area contributed by atoms with Gasteiger partial charge in [0.2, 0.25) is 0 Å². The van der Waals surface area contributed by atoms with Gasteiger partial charge in [0, 0.05) is 23.2 Å². The molecule has 0 bridgehead atoms. The summed E-state index contributed by atoms with van der Waals surface area (Å²) in [6.45, 7) is -3.17. The van der Waals surface area contributed by atoms with Crippen LogP contribution in [0.3, 0.4) is 0 Å². The van der Waals surface area contributed by atoms with E-state index in [1.807, 2.05) is 18.2 Å². The summed E-state index contributed by atoms with van der Waals surface area (Å²) in [7, 11) is 0. The number of benzene rings is 3. The van der Waals surface area contributed by atoms with Crippen molar-refractivity contribution < 1.29 is 23.2 Å². The minimum absolute atomic E-state index is 0.354. The second-order valence-electron chi connectivity index (χ2n) is 5.30. The molecule has 0 saturated carbocycles. The Morgan fingerprint density at radius 1 is 1.08 bits per heavy atom. The van der Waals surface area contributed by atoms with E-state index in [1.54, 1.807) is 24.3 Å². The fourth-order valence-corrected chi connectivity index (χ4v) is 2.53. The number of nitro groups is 1. The zero-order valence-electron chi connectivity index (χ0n) is 13.2. The second kappa shape index (κ2) is 7.14. The molecule has 0 radical (unpaired) electrons. The van der Waals surface area contributed by atoms with Crippen LogP contribution in [-0.2, 0) is 0 Å². The third-order valence-electron chi connectivity index (χ3n) is 3.67. The van der Waals surface area contributed by atoms with Crippen LogP contribution in [0, 0.1) is 10.1 Å². The van der Waals surface area contributed by atoms with Crippen molar-refractivity contribution >= 4 is 28.1 Å². The van der Waals surface area contributed by atoms with Gasteiger partial charge in [-0.3, -0.25) is 14.9 Å². The highest BCUT2D eigenvalue weighted by molar-refractivity contribution is 6.10. The van der Waals surface area contributed by atoms with Gasteiger partial charge in [0.25, 0.3) is 11.6 Å². The molecule has 3 aromatic carbocycles. The maximum atomic E-state index is 12.6. The third-order valence-corrected chi connectivity index (χ3v) is 3.67. The Kier molecular flexibility index (Phi) is 4.74. The van der Waals surface area contributed by atoms with Crippen molar-refractivity contribution in [1.82, 2.24) is 0 Å². The highest BCUT2D eigenvalue weighted by Gasteiger charge is 2.20. The first-order valence-corrected chi connectivity index (χ1v) is 7.48. The van der Waals surface area contributed by atoms with Crippen LogP contribution >= 0.6 is 0 Å². The van der Waals surface area contributed by atoms with Crippen molar-refractivity contribution in [3.63, 3.8) is 0 Å². The Bertz CT molecular complexity index is 987. The average Bonchev–Trinajstić information content (AvgIpc) is 2.61. The van der Waals surface area contributed by atoms with E-state index in [9.17, 15) is 23.7 Å². The molecule has 1 amide bonds. The van der Waals surface area contributed by atoms with Gasteiger partial charge < -0.3 is 10.1 Å². The van der Waals surface area contributed by atoms with Gasteiger partial charge in [-0.1, -0.05) is 36.4 Å². The molecule has 0 aliphatic carbocycles. The number of fused-ring (bicyclic) bond motifs is 1. The van der Waals surface area contributed by atoms with E-state index in [2.05, 4.69) is 10.1 Å². The molecule has 3 aromatic rings. The quantitative estimate of drug-likeness (QED) is 0.534. The fraction of sp³-hybridized carbons (Fsp3) is 0.0556. The van der Waals surface area contributed by atoms with Gasteiger partial charge in [0.1, 0.15) is 5.75 Å². The summed E-state index contributed by atoms with van der Waals surface area (Å²) >= 11 is 0. The van der Waals surface area contributed by atoms with Crippen LogP contribution in [0.4, 0.5) is 20.2 Å². The zero-order chi connectivity index (χ0) is 18.7. The Labute approximate surface area is 146 Å². The maximum Gasteiger partial charge on any atom is 0.387 e. The summed E-state index contributed by atoms with van der Waals surface area (Å²) in [5.74, 6) is -1.23. The molecule has 0 aliphatic heterocycles. The highest BCUT2D eigenvalue weighted by Crippen LogP contribution is 2.28. The number of nitrogens with zero attached hydrogens (tertiary/aromatic N) is 1. The van der Waals surface area contributed by atoms with Crippen LogP contribution in [0.2, 0.25) is 0 Å². The van der Waals surface area contributed by atoms with Gasteiger partial charge in [0.15, 0.2) is 0 Å². The largest absolute Gasteiger partial charge is 0.434 e. The van der Waals surface area contributed by atoms with Crippen molar-refractivity contribution in [2.75, 3.05) is 5.32 Å². The predicted octanol–water partition coefficient (Wildman–Crippen LogP) is 4.60. The van der Waals surface area contributed by atoms with Crippen molar-refractivity contribution in [2.45, 2.75) is 6.61 Å². The maximum absolute atomic E-state index is 12.6. The van der Waals surface area contributed by atoms with E-state index in [0.717, 1.165) is 29.0 Å². The lowest BCUT2D eigenvalue weighted by Gasteiger charge is -2.12. The highest BCUT2D eigenvalue weighted by atomic mass is 19.3. The Hall–Kier alpha value is -3.55. The van der Waals surface area contributed by atoms with Crippen LogP contribution in [0.5, 0.6) is 5.75 Å². The summed E-state index contributed by atoms with van der Waals surface area (Å²) in [4.78, 5) is 22.8. The number of nitrogens with one attached hydrogen (secondary N) is 1. The zero-order valence-corrected chi connectivity index (χ0v) is 13.2. The molecule has 1 N–H and O–H groups in total. The number of ether oxygens (including phenoxy) is 1. The first-order chi connectivity index (χ1) is 12.5. The molecule has 6 nitrogen and oxygen atoms in total. The van der Waals surface area contributed by atoms with Crippen molar-refractivity contribution in [2.24, 2.45) is 0 Å². The number of halogens is 2. The van der Waals surface area contributed by atoms with Crippen LogP contribution in [0.15, 0.2) is 60.7 Å². The Morgan fingerprint density at radius 2 is 1.81 bits per heavy atom. The number of amides is 1. The summed E-state index contributed by atoms with van der Waals surface area (Å²) in [6.07, 6.45) is 0. The lowest BCUT2D eigenvalue weighted by molar-refractivity contribution is -0.384. The van der Waals surface area contributed by atoms with Crippen LogP contribution in [0.1, 0.15) is 10.4 Å². The summed E-state index contributed by atoms with van der Waals surface area (Å²) in [5.41, 5.74) is -0.315. The fourth-order valence-electron chi connectivity index (χ4n) is 2.53. The van der Waals surface area contributed by atoms with E-state index < -0.39 is 28.9 Å². The number of non-ortho nitro benzene ring substituents is 1. The number of hydrogen-bond donors (Lipinski definition) is 1. The van der Waals surface area contributed by atoms with E-state index >= 15 is 0 Å². The molecule has 0 fully saturated rings. The van der Waals surface area contributed by atoms with Gasteiger partial charge in [-0.15, -0.1) is 0 Å². The minimum atomic E-state index is -3.17. The molecule has 0 atom stereocenters. The van der Waals surface area contributed by atoms with Gasteiger partial charge in [0.05, 0.1) is 10.5 Å². The molecule has 0 unspecified atom stereocenters. The van der Waals surface area contributed by atoms with Gasteiger partial charge in [-0.05, 0) is 17.5 Å². The third kappa shape index (κ3) is 3.59. The summed E-state index contributed by atoms with van der Waals surface area (Å²) < 4.78 is 29.5. The van der Waals surface area contributed by atoms with Gasteiger partial charge >= 0.3 is 6.61 Å². The number of hydrogen-bond acceptors (Lipinski definition) is 4. The predicted molar refractivity (Wildman–Crippen MR) is 91.6 cm³/mol. The summed E-state index contributed by atoms with van der Waals surface area (Å²) in [6, 6.07) is 15.3. The first kappa shape index (κ1) is 17.3. The van der Waals surface area contributed by atoms with E-state index in [-0.39, 0.29) is 5.56 Å². The average molecular weight is 358 g/mol. The molecule has 8 heteroatoms. The van der Waals surface area contributed by atoms with Crippen LogP contribution < -0.4 is 10.1 Å². The Morgan fingerprint density at radius 3 is 2.54 bits per heavy atom. The summed E-state index contributed by atoms with van der Waals surface area (Å²) in [5, 5.41) is 15.1. The van der Waals surface area contributed by atoms with Crippen molar-refractivity contribution in [3.05, 3.63) is 76.3 Å². The normalized spacial score (nSPS) is 10.7. The Balaban J connectivity index is 2.00. The standard InChI is InChI=1S/C18H12F2N2O4/c19-18(20)26-16-9-8-12(22(24)25)10-14(16)17(23)21-15-7-3-5-11-4-1-2-6-13(11)15/h1-10,18H,(H,21,23). The number of alkyl halides is 2. The van der Waals surface area contributed by atoms with Gasteiger partial charge in [-0.2, -0.15) is 8.78 Å². The monoisotopic (exact) mass is 358 g/mol. The molecule has 0 heterocycles. The lowest BCUT2D eigenvalue weighted by Crippen LogP contribution is -2.15. The topological polar surface area (TPSA) is 81.5 Å². The van der Waals surface area contributed by atoms with E-state index in [0.29, 0.717) is 5.69 Å². The molecule has 0 spiro atoms. The number of anilines is 1. The van der Waals surface area contributed by atoms with E-state index in [4.69, 9.17) is 0 Å². The molecule has 3 rings (SSSR count). The molecule has 132 valence electrons. The first-order valence-electron chi connectivity index (χ1n) is 7.48. The molecule has 0 aliphatic rings. The van der Waals surface area contributed by atoms with Gasteiger partial charge in [-0.25, -0.2) is 0 Å². The van der Waals surface area contributed by atoms with Crippen molar-refractivity contribution in [3.8, 4) is 5.75 Å². The smallest absolute Gasteiger partial charge is 0.387 e. The molecule has 0 saturated heterocycles.